The first kappa shape index (κ1) is 14.3. The standard InChI is InChI=1S/C16H19N2O2P/c1-2-19-21(17-15-9-5-3-6-10-15)18(13-14-20-21)16-11-7-4-8-12-16/h3-12H,2,13-14H2,1H3. The molecule has 110 valence electrons. The molecular formula is C16H19N2O2P. The van der Waals surface area contributed by atoms with Crippen LogP contribution in [0.1, 0.15) is 6.92 Å². The number of hydrogen-bond donors (Lipinski definition) is 0. The maximum atomic E-state index is 6.01. The zero-order valence-corrected chi connectivity index (χ0v) is 12.9. The van der Waals surface area contributed by atoms with Gasteiger partial charge in [0.1, 0.15) is 0 Å². The molecule has 2 aromatic rings. The molecule has 5 heteroatoms. The van der Waals surface area contributed by atoms with Gasteiger partial charge >= 0.3 is 7.66 Å². The third-order valence-electron chi connectivity index (χ3n) is 3.22. The molecule has 0 saturated carbocycles. The maximum absolute atomic E-state index is 6.01. The average molecular weight is 302 g/mol. The summed E-state index contributed by atoms with van der Waals surface area (Å²) in [7, 11) is -2.44. The number of rotatable bonds is 4. The van der Waals surface area contributed by atoms with Gasteiger partial charge in [-0.15, -0.1) is 0 Å². The van der Waals surface area contributed by atoms with Crippen LogP contribution in [0.2, 0.25) is 0 Å². The summed E-state index contributed by atoms with van der Waals surface area (Å²) in [6.45, 7) is 3.99. The molecule has 0 N–H and O–H groups in total. The topological polar surface area (TPSA) is 34.1 Å². The van der Waals surface area contributed by atoms with E-state index in [2.05, 4.69) is 16.8 Å². The minimum Gasteiger partial charge on any atom is -0.308 e. The lowest BCUT2D eigenvalue weighted by molar-refractivity contribution is 0.279. The molecule has 1 unspecified atom stereocenters. The molecule has 0 bridgehead atoms. The third-order valence-corrected chi connectivity index (χ3v) is 5.86. The van der Waals surface area contributed by atoms with Crippen LogP contribution in [-0.2, 0) is 9.05 Å². The normalized spacial score (nSPS) is 21.5. The van der Waals surface area contributed by atoms with Crippen LogP contribution < -0.4 is 4.67 Å². The van der Waals surface area contributed by atoms with Crippen LogP contribution in [0.15, 0.2) is 65.4 Å². The molecule has 1 aliphatic rings. The van der Waals surface area contributed by atoms with Crippen molar-refractivity contribution in [1.82, 2.24) is 0 Å². The Morgan fingerprint density at radius 3 is 2.43 bits per heavy atom. The van der Waals surface area contributed by atoms with E-state index in [-0.39, 0.29) is 0 Å². The van der Waals surface area contributed by atoms with E-state index in [0.29, 0.717) is 13.2 Å². The number of anilines is 1. The summed E-state index contributed by atoms with van der Waals surface area (Å²) < 4.78 is 19.0. The minimum absolute atomic E-state index is 0.577. The summed E-state index contributed by atoms with van der Waals surface area (Å²) in [5.74, 6) is 0. The molecule has 1 heterocycles. The third kappa shape index (κ3) is 3.03. The number of nitrogens with zero attached hydrogens (tertiary/aromatic N) is 2. The monoisotopic (exact) mass is 302 g/mol. The van der Waals surface area contributed by atoms with Gasteiger partial charge in [-0.3, -0.25) is 4.67 Å². The predicted octanol–water partition coefficient (Wildman–Crippen LogP) is 4.84. The van der Waals surface area contributed by atoms with Crippen molar-refractivity contribution in [3.05, 3.63) is 60.7 Å². The Kier molecular flexibility index (Phi) is 4.39. The molecule has 21 heavy (non-hydrogen) atoms. The van der Waals surface area contributed by atoms with Gasteiger partial charge in [0.15, 0.2) is 0 Å². The van der Waals surface area contributed by atoms with Gasteiger partial charge in [0.25, 0.3) is 0 Å². The van der Waals surface area contributed by atoms with Gasteiger partial charge in [-0.05, 0) is 31.2 Å². The van der Waals surface area contributed by atoms with Gasteiger partial charge in [0, 0.05) is 5.69 Å². The molecule has 0 spiro atoms. The number of benzene rings is 2. The van der Waals surface area contributed by atoms with Gasteiger partial charge in [-0.25, -0.2) is 0 Å². The molecule has 0 aromatic heterocycles. The highest BCUT2D eigenvalue weighted by Crippen LogP contribution is 2.61. The van der Waals surface area contributed by atoms with E-state index in [1.54, 1.807) is 0 Å². The van der Waals surface area contributed by atoms with Crippen molar-refractivity contribution in [3.63, 3.8) is 0 Å². The molecule has 1 aliphatic heterocycles. The summed E-state index contributed by atoms with van der Waals surface area (Å²) in [4.78, 5) is 0. The first-order valence-corrected chi connectivity index (χ1v) is 8.66. The highest BCUT2D eigenvalue weighted by Gasteiger charge is 2.36. The van der Waals surface area contributed by atoms with Crippen molar-refractivity contribution >= 4 is 19.0 Å². The molecule has 1 fully saturated rings. The molecule has 2 aromatic carbocycles. The molecular weight excluding hydrogens is 283 g/mol. The van der Waals surface area contributed by atoms with Gasteiger partial charge in [0.05, 0.1) is 25.4 Å². The van der Waals surface area contributed by atoms with Gasteiger partial charge in [-0.2, -0.15) is 4.74 Å². The van der Waals surface area contributed by atoms with Crippen molar-refractivity contribution < 1.29 is 9.05 Å². The van der Waals surface area contributed by atoms with Crippen LogP contribution in [0.25, 0.3) is 0 Å². The summed E-state index contributed by atoms with van der Waals surface area (Å²) in [6.07, 6.45) is 0. The van der Waals surface area contributed by atoms with Crippen LogP contribution in [-0.4, -0.2) is 19.8 Å². The molecule has 0 amide bonds. The predicted molar refractivity (Wildman–Crippen MR) is 86.8 cm³/mol. The van der Waals surface area contributed by atoms with Gasteiger partial charge < -0.3 is 9.05 Å². The fourth-order valence-corrected chi connectivity index (χ4v) is 4.76. The molecule has 1 atom stereocenters. The fraction of sp³-hybridized carbons (Fsp3) is 0.250. The van der Waals surface area contributed by atoms with E-state index in [1.807, 2.05) is 55.5 Å². The molecule has 0 radical (unpaired) electrons. The lowest BCUT2D eigenvalue weighted by Gasteiger charge is -2.28. The van der Waals surface area contributed by atoms with E-state index in [1.165, 1.54) is 0 Å². The molecule has 1 saturated heterocycles. The number of hydrogen-bond acceptors (Lipinski definition) is 3. The number of para-hydroxylation sites is 1. The van der Waals surface area contributed by atoms with Crippen molar-refractivity contribution in [1.29, 1.82) is 0 Å². The second kappa shape index (κ2) is 6.44. The van der Waals surface area contributed by atoms with Crippen molar-refractivity contribution in [3.8, 4) is 0 Å². The quantitative estimate of drug-likeness (QED) is 0.758. The average Bonchev–Trinajstić information content (AvgIpc) is 2.93. The van der Waals surface area contributed by atoms with Crippen LogP contribution in [0.5, 0.6) is 0 Å². The van der Waals surface area contributed by atoms with E-state index >= 15 is 0 Å². The Hall–Kier alpha value is -1.61. The largest absolute Gasteiger partial charge is 0.322 e. The summed E-state index contributed by atoms with van der Waals surface area (Å²) >= 11 is 0. The second-order valence-corrected chi connectivity index (χ2v) is 6.82. The van der Waals surface area contributed by atoms with Crippen molar-refractivity contribution in [2.24, 2.45) is 4.74 Å². The summed E-state index contributed by atoms with van der Waals surface area (Å²) in [5, 5.41) is 0. The van der Waals surface area contributed by atoms with Crippen LogP contribution in [0, 0.1) is 0 Å². The Morgan fingerprint density at radius 1 is 1.10 bits per heavy atom. The maximum Gasteiger partial charge on any atom is 0.322 e. The lowest BCUT2D eigenvalue weighted by Crippen LogP contribution is -2.16. The van der Waals surface area contributed by atoms with E-state index < -0.39 is 7.66 Å². The van der Waals surface area contributed by atoms with Gasteiger partial charge in [0.2, 0.25) is 0 Å². The SMILES string of the molecule is CCOP1(=Nc2ccccc2)OCCN1c1ccccc1. The van der Waals surface area contributed by atoms with Crippen molar-refractivity contribution in [2.75, 3.05) is 24.4 Å². The van der Waals surface area contributed by atoms with Gasteiger partial charge in [-0.1, -0.05) is 36.4 Å². The Labute approximate surface area is 125 Å². The Bertz CT molecular complexity index is 631. The van der Waals surface area contributed by atoms with E-state index in [0.717, 1.165) is 17.9 Å². The minimum atomic E-state index is -2.44. The second-order valence-electron chi connectivity index (χ2n) is 4.64. The molecule has 3 rings (SSSR count). The van der Waals surface area contributed by atoms with Crippen molar-refractivity contribution in [2.45, 2.75) is 6.92 Å². The highest BCUT2D eigenvalue weighted by atomic mass is 31.2. The fourth-order valence-electron chi connectivity index (χ4n) is 2.34. The first-order valence-electron chi connectivity index (χ1n) is 7.13. The zero-order valence-electron chi connectivity index (χ0n) is 12.1. The molecule has 0 aliphatic carbocycles. The summed E-state index contributed by atoms with van der Waals surface area (Å²) in [6, 6.07) is 20.1. The first-order chi connectivity index (χ1) is 10.3. The Balaban J connectivity index is 2.05. The van der Waals surface area contributed by atoms with E-state index in [4.69, 9.17) is 13.8 Å². The highest BCUT2D eigenvalue weighted by molar-refractivity contribution is 7.58. The lowest BCUT2D eigenvalue weighted by atomic mass is 10.3. The van der Waals surface area contributed by atoms with E-state index in [9.17, 15) is 0 Å². The van der Waals surface area contributed by atoms with Crippen LogP contribution >= 0.6 is 7.66 Å². The zero-order chi connectivity index (χ0) is 14.5. The van der Waals surface area contributed by atoms with Crippen LogP contribution in [0.4, 0.5) is 11.4 Å². The molecule has 4 nitrogen and oxygen atoms in total. The smallest absolute Gasteiger partial charge is 0.308 e. The Morgan fingerprint density at radius 2 is 1.76 bits per heavy atom. The van der Waals surface area contributed by atoms with Crippen LogP contribution in [0.3, 0.4) is 0 Å². The summed E-state index contributed by atoms with van der Waals surface area (Å²) in [5.41, 5.74) is 1.98.